The molecule has 2 heteroatoms. The summed E-state index contributed by atoms with van der Waals surface area (Å²) < 4.78 is 5.43. The summed E-state index contributed by atoms with van der Waals surface area (Å²) in [6.45, 7) is 1.78. The van der Waals surface area contributed by atoms with Crippen molar-refractivity contribution in [1.29, 1.82) is 0 Å². The van der Waals surface area contributed by atoms with Crippen molar-refractivity contribution in [3.63, 3.8) is 0 Å². The van der Waals surface area contributed by atoms with Crippen LogP contribution in [0.5, 0.6) is 0 Å². The summed E-state index contributed by atoms with van der Waals surface area (Å²) in [6, 6.07) is 10.2. The van der Waals surface area contributed by atoms with Crippen LogP contribution in [0, 0.1) is 0 Å². The van der Waals surface area contributed by atoms with Gasteiger partial charge in [-0.2, -0.15) is 0 Å². The maximum atomic E-state index is 5.43. The Bertz CT molecular complexity index is 216. The zero-order valence-corrected chi connectivity index (χ0v) is 6.29. The van der Waals surface area contributed by atoms with Crippen LogP contribution in [0.15, 0.2) is 30.3 Å². The van der Waals surface area contributed by atoms with Gasteiger partial charge in [0, 0.05) is 6.54 Å². The summed E-state index contributed by atoms with van der Waals surface area (Å²) in [5.74, 6) is 0. The molecule has 1 N–H and O–H groups in total. The van der Waals surface area contributed by atoms with Crippen LogP contribution in [0.2, 0.25) is 0 Å². The Hall–Kier alpha value is -0.860. The number of ether oxygens (including phenoxy) is 1. The minimum absolute atomic E-state index is 0.121. The fourth-order valence-electron chi connectivity index (χ4n) is 1.27. The minimum atomic E-state index is 0.121. The van der Waals surface area contributed by atoms with E-state index >= 15 is 0 Å². The summed E-state index contributed by atoms with van der Waals surface area (Å²) >= 11 is 0. The fourth-order valence-corrected chi connectivity index (χ4v) is 1.27. The van der Waals surface area contributed by atoms with Gasteiger partial charge in [-0.15, -0.1) is 0 Å². The highest BCUT2D eigenvalue weighted by Crippen LogP contribution is 2.16. The Morgan fingerprint density at radius 3 is 2.73 bits per heavy atom. The van der Waals surface area contributed by atoms with Crippen molar-refractivity contribution in [2.24, 2.45) is 0 Å². The van der Waals surface area contributed by atoms with E-state index in [-0.39, 0.29) is 6.23 Å². The van der Waals surface area contributed by atoms with Crippen LogP contribution >= 0.6 is 0 Å². The van der Waals surface area contributed by atoms with E-state index in [0.29, 0.717) is 0 Å². The van der Waals surface area contributed by atoms with Gasteiger partial charge in [0.05, 0.1) is 6.61 Å². The molecule has 1 aromatic rings. The Labute approximate surface area is 66.2 Å². The van der Waals surface area contributed by atoms with Crippen molar-refractivity contribution >= 4 is 0 Å². The van der Waals surface area contributed by atoms with E-state index < -0.39 is 0 Å². The number of benzene rings is 1. The van der Waals surface area contributed by atoms with Gasteiger partial charge in [0.15, 0.2) is 0 Å². The zero-order valence-electron chi connectivity index (χ0n) is 6.29. The molecule has 1 saturated heterocycles. The molecule has 1 aliphatic heterocycles. The van der Waals surface area contributed by atoms with E-state index in [1.165, 1.54) is 5.56 Å². The largest absolute Gasteiger partial charge is 0.358 e. The van der Waals surface area contributed by atoms with Crippen LogP contribution < -0.4 is 5.32 Å². The van der Waals surface area contributed by atoms with Crippen molar-refractivity contribution in [3.8, 4) is 0 Å². The normalized spacial score (nSPS) is 23.8. The first-order valence-electron chi connectivity index (χ1n) is 3.87. The Kier molecular flexibility index (Phi) is 1.88. The van der Waals surface area contributed by atoms with Crippen molar-refractivity contribution in [2.75, 3.05) is 13.2 Å². The van der Waals surface area contributed by atoms with E-state index in [2.05, 4.69) is 17.4 Å². The number of hydrogen-bond acceptors (Lipinski definition) is 2. The van der Waals surface area contributed by atoms with Crippen LogP contribution in [-0.4, -0.2) is 13.2 Å². The van der Waals surface area contributed by atoms with Gasteiger partial charge >= 0.3 is 0 Å². The summed E-state index contributed by atoms with van der Waals surface area (Å²) in [5.41, 5.74) is 1.21. The maximum absolute atomic E-state index is 5.43. The molecular formula is C9H11NO. The monoisotopic (exact) mass is 149 g/mol. The molecule has 0 radical (unpaired) electrons. The lowest BCUT2D eigenvalue weighted by molar-refractivity contribution is 0.102. The fraction of sp³-hybridized carbons (Fsp3) is 0.333. The topological polar surface area (TPSA) is 21.3 Å². The average molecular weight is 149 g/mol. The molecular weight excluding hydrogens is 138 g/mol. The second-order valence-electron chi connectivity index (χ2n) is 2.62. The molecule has 58 valence electrons. The summed E-state index contributed by atoms with van der Waals surface area (Å²) in [7, 11) is 0. The Morgan fingerprint density at radius 1 is 1.27 bits per heavy atom. The van der Waals surface area contributed by atoms with Gasteiger partial charge in [-0.25, -0.2) is 0 Å². The predicted molar refractivity (Wildman–Crippen MR) is 43.1 cm³/mol. The highest BCUT2D eigenvalue weighted by molar-refractivity contribution is 5.17. The Balaban J connectivity index is 2.16. The molecule has 0 aliphatic carbocycles. The number of rotatable bonds is 1. The molecule has 1 aromatic carbocycles. The molecule has 1 atom stereocenters. The first-order chi connectivity index (χ1) is 5.47. The average Bonchev–Trinajstić information content (AvgIpc) is 2.58. The lowest BCUT2D eigenvalue weighted by Crippen LogP contribution is -2.13. The van der Waals surface area contributed by atoms with E-state index in [0.717, 1.165) is 13.2 Å². The maximum Gasteiger partial charge on any atom is 0.134 e. The van der Waals surface area contributed by atoms with Crippen molar-refractivity contribution in [3.05, 3.63) is 35.9 Å². The molecule has 1 aliphatic rings. The van der Waals surface area contributed by atoms with Gasteiger partial charge < -0.3 is 4.74 Å². The standard InChI is InChI=1S/C9H11NO/c1-2-4-8(5-3-1)9-10-6-7-11-9/h1-5,9-10H,6-7H2. The Morgan fingerprint density at radius 2 is 2.09 bits per heavy atom. The quantitative estimate of drug-likeness (QED) is 0.650. The van der Waals surface area contributed by atoms with Gasteiger partial charge in [0.2, 0.25) is 0 Å². The molecule has 1 fully saturated rings. The van der Waals surface area contributed by atoms with E-state index in [9.17, 15) is 0 Å². The molecule has 0 bridgehead atoms. The van der Waals surface area contributed by atoms with Gasteiger partial charge in [0.1, 0.15) is 6.23 Å². The van der Waals surface area contributed by atoms with Crippen molar-refractivity contribution < 1.29 is 4.74 Å². The summed E-state index contributed by atoms with van der Waals surface area (Å²) in [6.07, 6.45) is 0.121. The second-order valence-corrected chi connectivity index (χ2v) is 2.62. The lowest BCUT2D eigenvalue weighted by atomic mass is 10.2. The minimum Gasteiger partial charge on any atom is -0.358 e. The van der Waals surface area contributed by atoms with E-state index in [1.54, 1.807) is 0 Å². The van der Waals surface area contributed by atoms with Gasteiger partial charge in [-0.1, -0.05) is 30.3 Å². The van der Waals surface area contributed by atoms with Gasteiger partial charge in [-0.3, -0.25) is 5.32 Å². The van der Waals surface area contributed by atoms with Crippen LogP contribution in [0.25, 0.3) is 0 Å². The molecule has 0 spiro atoms. The third kappa shape index (κ3) is 1.42. The first-order valence-corrected chi connectivity index (χ1v) is 3.87. The van der Waals surface area contributed by atoms with Crippen LogP contribution in [0.4, 0.5) is 0 Å². The summed E-state index contributed by atoms with van der Waals surface area (Å²) in [4.78, 5) is 0. The first kappa shape index (κ1) is 6.83. The van der Waals surface area contributed by atoms with Gasteiger partial charge in [0.25, 0.3) is 0 Å². The zero-order chi connectivity index (χ0) is 7.52. The molecule has 11 heavy (non-hydrogen) atoms. The third-order valence-corrected chi connectivity index (χ3v) is 1.82. The molecule has 1 heterocycles. The summed E-state index contributed by atoms with van der Waals surface area (Å²) in [5, 5.41) is 3.25. The molecule has 1 unspecified atom stereocenters. The highest BCUT2D eigenvalue weighted by atomic mass is 16.5. The van der Waals surface area contributed by atoms with Crippen molar-refractivity contribution in [2.45, 2.75) is 6.23 Å². The SMILES string of the molecule is c1ccc(C2NCCO2)cc1. The lowest BCUT2D eigenvalue weighted by Gasteiger charge is -2.08. The second kappa shape index (κ2) is 3.03. The molecule has 2 rings (SSSR count). The molecule has 0 saturated carbocycles. The van der Waals surface area contributed by atoms with E-state index in [1.807, 2.05) is 18.2 Å². The van der Waals surface area contributed by atoms with Gasteiger partial charge in [-0.05, 0) is 5.56 Å². The number of hydrogen-bond donors (Lipinski definition) is 1. The van der Waals surface area contributed by atoms with Crippen LogP contribution in [0.1, 0.15) is 11.8 Å². The van der Waals surface area contributed by atoms with Crippen LogP contribution in [0.3, 0.4) is 0 Å². The van der Waals surface area contributed by atoms with Crippen molar-refractivity contribution in [1.82, 2.24) is 5.32 Å². The third-order valence-electron chi connectivity index (χ3n) is 1.82. The predicted octanol–water partition coefficient (Wildman–Crippen LogP) is 1.30. The molecule has 0 aromatic heterocycles. The molecule has 0 amide bonds. The van der Waals surface area contributed by atoms with E-state index in [4.69, 9.17) is 4.74 Å². The molecule has 2 nitrogen and oxygen atoms in total. The smallest absolute Gasteiger partial charge is 0.134 e. The number of nitrogens with one attached hydrogen (secondary N) is 1. The van der Waals surface area contributed by atoms with Crippen LogP contribution in [-0.2, 0) is 4.74 Å². The highest BCUT2D eigenvalue weighted by Gasteiger charge is 2.15.